The Bertz CT molecular complexity index is 1090. The van der Waals surface area contributed by atoms with E-state index in [1.807, 2.05) is 36.4 Å². The maximum Gasteiger partial charge on any atom is 0.309 e. The number of benzene rings is 2. The maximum absolute atomic E-state index is 12.6. The van der Waals surface area contributed by atoms with Crippen LogP contribution >= 0.6 is 15.9 Å². The van der Waals surface area contributed by atoms with Crippen LogP contribution in [0.5, 0.6) is 5.75 Å². The summed E-state index contributed by atoms with van der Waals surface area (Å²) in [6.07, 6.45) is 1.15. The number of amides is 1. The molecule has 166 valence electrons. The Kier molecular flexibility index (Phi) is 6.90. The summed E-state index contributed by atoms with van der Waals surface area (Å²) in [4.78, 5) is 26.9. The molecule has 4 rings (SSSR count). The number of methoxy groups -OCH3 is 1. The van der Waals surface area contributed by atoms with E-state index in [1.54, 1.807) is 30.2 Å². The van der Waals surface area contributed by atoms with Crippen LogP contribution in [-0.4, -0.2) is 42.1 Å². The molecule has 3 aromatic rings. The second-order valence-electron chi connectivity index (χ2n) is 7.56. The first-order valence-corrected chi connectivity index (χ1v) is 11.1. The third-order valence-electron chi connectivity index (χ3n) is 5.51. The molecule has 0 bridgehead atoms. The second-order valence-corrected chi connectivity index (χ2v) is 8.48. The molecule has 1 aliphatic heterocycles. The first-order chi connectivity index (χ1) is 15.5. The van der Waals surface area contributed by atoms with Crippen LogP contribution in [0.25, 0.3) is 11.3 Å². The smallest absolute Gasteiger partial charge is 0.309 e. The number of rotatable bonds is 6. The minimum absolute atomic E-state index is 0.0129. The van der Waals surface area contributed by atoms with Crippen molar-refractivity contribution in [2.45, 2.75) is 19.4 Å². The first kappa shape index (κ1) is 22.1. The van der Waals surface area contributed by atoms with Gasteiger partial charge in [0.2, 0.25) is 0 Å². The Morgan fingerprint density at radius 2 is 1.84 bits per heavy atom. The Balaban J connectivity index is 1.28. The van der Waals surface area contributed by atoms with Crippen molar-refractivity contribution in [3.63, 3.8) is 0 Å². The van der Waals surface area contributed by atoms with E-state index in [9.17, 15) is 9.59 Å². The van der Waals surface area contributed by atoms with Gasteiger partial charge in [-0.1, -0.05) is 33.2 Å². The molecule has 2 heterocycles. The van der Waals surface area contributed by atoms with Gasteiger partial charge >= 0.3 is 5.97 Å². The number of ether oxygens (including phenoxy) is 2. The number of hydrogen-bond donors (Lipinski definition) is 0. The Labute approximate surface area is 194 Å². The fraction of sp³-hybridized carbons (Fsp3) is 0.292. The number of likely N-dealkylation sites (tertiary alicyclic amines) is 1. The number of esters is 1. The highest BCUT2D eigenvalue weighted by atomic mass is 79.9. The molecule has 1 amide bonds. The molecule has 2 aromatic carbocycles. The van der Waals surface area contributed by atoms with E-state index in [2.05, 4.69) is 21.1 Å². The maximum atomic E-state index is 12.6. The summed E-state index contributed by atoms with van der Waals surface area (Å²) in [5.74, 6) is 0.613. The molecule has 0 atom stereocenters. The zero-order valence-electron chi connectivity index (χ0n) is 17.6. The number of nitrogens with zero attached hydrogens (tertiary/aromatic N) is 2. The number of carbonyl (C=O) groups excluding carboxylic acids is 2. The van der Waals surface area contributed by atoms with Crippen molar-refractivity contribution in [3.8, 4) is 17.0 Å². The predicted octanol–water partition coefficient (Wildman–Crippen LogP) is 4.71. The second kappa shape index (κ2) is 9.99. The van der Waals surface area contributed by atoms with Crippen LogP contribution < -0.4 is 4.74 Å². The summed E-state index contributed by atoms with van der Waals surface area (Å²) in [7, 11) is 1.60. The Morgan fingerprint density at radius 3 is 2.56 bits per heavy atom. The fourth-order valence-electron chi connectivity index (χ4n) is 3.72. The van der Waals surface area contributed by atoms with E-state index in [1.165, 1.54) is 0 Å². The van der Waals surface area contributed by atoms with Gasteiger partial charge in [0, 0.05) is 34.8 Å². The predicted molar refractivity (Wildman–Crippen MR) is 121 cm³/mol. The van der Waals surface area contributed by atoms with Crippen LogP contribution in [0.2, 0.25) is 0 Å². The van der Waals surface area contributed by atoms with Crippen LogP contribution in [0.15, 0.2) is 63.6 Å². The van der Waals surface area contributed by atoms with Crippen molar-refractivity contribution in [2.75, 3.05) is 20.2 Å². The zero-order chi connectivity index (χ0) is 22.5. The molecular weight excluding hydrogens is 476 g/mol. The van der Waals surface area contributed by atoms with Gasteiger partial charge in [0.25, 0.3) is 5.91 Å². The third kappa shape index (κ3) is 5.02. The summed E-state index contributed by atoms with van der Waals surface area (Å²) in [5, 5.41) is 4.06. The molecule has 32 heavy (non-hydrogen) atoms. The van der Waals surface area contributed by atoms with Crippen molar-refractivity contribution < 1.29 is 23.6 Å². The van der Waals surface area contributed by atoms with Crippen LogP contribution in [0.3, 0.4) is 0 Å². The lowest BCUT2D eigenvalue weighted by atomic mass is 9.96. The largest absolute Gasteiger partial charge is 0.496 e. The van der Waals surface area contributed by atoms with Gasteiger partial charge in [0.1, 0.15) is 11.4 Å². The standard InChI is InChI=1S/C24H23BrN2O5/c1-30-22-5-3-2-4-20(22)21-14-19(32-26-21)15-31-24(29)17-10-12-27(13-11-17)23(28)16-6-8-18(25)9-7-16/h2-9,14,17H,10-13,15H2,1H3. The highest BCUT2D eigenvalue weighted by Gasteiger charge is 2.29. The minimum atomic E-state index is -0.281. The molecule has 0 unspecified atom stereocenters. The van der Waals surface area contributed by atoms with Gasteiger partial charge in [0.15, 0.2) is 12.4 Å². The molecule has 0 radical (unpaired) electrons. The molecule has 1 fully saturated rings. The highest BCUT2D eigenvalue weighted by molar-refractivity contribution is 9.10. The van der Waals surface area contributed by atoms with E-state index in [0.717, 1.165) is 10.0 Å². The summed E-state index contributed by atoms with van der Waals surface area (Å²) in [6.45, 7) is 1.06. The molecule has 7 nitrogen and oxygen atoms in total. The molecule has 0 saturated carbocycles. The number of para-hydroxylation sites is 1. The quantitative estimate of drug-likeness (QED) is 0.457. The van der Waals surface area contributed by atoms with Crippen molar-refractivity contribution in [1.29, 1.82) is 0 Å². The molecule has 0 aliphatic carbocycles. The van der Waals surface area contributed by atoms with E-state index in [0.29, 0.717) is 48.7 Å². The average Bonchev–Trinajstić information content (AvgIpc) is 3.31. The van der Waals surface area contributed by atoms with Gasteiger partial charge in [-0.15, -0.1) is 0 Å². The fourth-order valence-corrected chi connectivity index (χ4v) is 3.98. The van der Waals surface area contributed by atoms with Gasteiger partial charge in [0.05, 0.1) is 13.0 Å². The van der Waals surface area contributed by atoms with Crippen molar-refractivity contribution in [2.24, 2.45) is 5.92 Å². The molecule has 8 heteroatoms. The van der Waals surface area contributed by atoms with Gasteiger partial charge in [-0.3, -0.25) is 9.59 Å². The van der Waals surface area contributed by atoms with Crippen LogP contribution in [0.1, 0.15) is 29.0 Å². The van der Waals surface area contributed by atoms with Gasteiger partial charge < -0.3 is 18.9 Å². The van der Waals surface area contributed by atoms with Gasteiger partial charge in [-0.25, -0.2) is 0 Å². The molecule has 0 spiro atoms. The Hall–Kier alpha value is -3.13. The van der Waals surface area contributed by atoms with Crippen molar-refractivity contribution in [3.05, 3.63) is 70.4 Å². The monoisotopic (exact) mass is 498 g/mol. The summed E-state index contributed by atoms with van der Waals surface area (Å²) in [5.41, 5.74) is 2.07. The number of aromatic nitrogens is 1. The lowest BCUT2D eigenvalue weighted by Crippen LogP contribution is -2.40. The van der Waals surface area contributed by atoms with E-state index < -0.39 is 0 Å². The van der Waals surface area contributed by atoms with Gasteiger partial charge in [-0.2, -0.15) is 0 Å². The number of halogens is 1. The van der Waals surface area contributed by atoms with Crippen LogP contribution in [0, 0.1) is 5.92 Å². The lowest BCUT2D eigenvalue weighted by molar-refractivity contribution is -0.152. The minimum Gasteiger partial charge on any atom is -0.496 e. The average molecular weight is 499 g/mol. The van der Waals surface area contributed by atoms with E-state index >= 15 is 0 Å². The Morgan fingerprint density at radius 1 is 1.12 bits per heavy atom. The first-order valence-electron chi connectivity index (χ1n) is 10.4. The molecular formula is C24H23BrN2O5. The topological polar surface area (TPSA) is 81.9 Å². The normalized spacial score (nSPS) is 14.2. The lowest BCUT2D eigenvalue weighted by Gasteiger charge is -2.31. The van der Waals surface area contributed by atoms with Crippen LogP contribution in [0.4, 0.5) is 0 Å². The summed E-state index contributed by atoms with van der Waals surface area (Å²) < 4.78 is 17.1. The van der Waals surface area contributed by atoms with Crippen molar-refractivity contribution in [1.82, 2.24) is 10.1 Å². The van der Waals surface area contributed by atoms with E-state index in [-0.39, 0.29) is 24.4 Å². The summed E-state index contributed by atoms with van der Waals surface area (Å²) >= 11 is 3.37. The molecule has 1 aliphatic rings. The SMILES string of the molecule is COc1ccccc1-c1cc(COC(=O)C2CCN(C(=O)c3ccc(Br)cc3)CC2)on1. The summed E-state index contributed by atoms with van der Waals surface area (Å²) in [6, 6.07) is 16.5. The molecule has 1 saturated heterocycles. The van der Waals surface area contributed by atoms with E-state index in [4.69, 9.17) is 14.0 Å². The van der Waals surface area contributed by atoms with Crippen LogP contribution in [-0.2, 0) is 16.1 Å². The molecule has 0 N–H and O–H groups in total. The third-order valence-corrected chi connectivity index (χ3v) is 6.03. The number of hydrogen-bond acceptors (Lipinski definition) is 6. The molecule has 1 aromatic heterocycles. The highest BCUT2D eigenvalue weighted by Crippen LogP contribution is 2.29. The number of carbonyl (C=O) groups is 2. The van der Waals surface area contributed by atoms with Crippen molar-refractivity contribution >= 4 is 27.8 Å². The zero-order valence-corrected chi connectivity index (χ0v) is 19.2. The number of piperidine rings is 1. The van der Waals surface area contributed by atoms with Gasteiger partial charge in [-0.05, 0) is 49.2 Å².